The van der Waals surface area contributed by atoms with Crippen molar-refractivity contribution in [2.75, 3.05) is 0 Å². The first-order valence-electron chi connectivity index (χ1n) is 6.45. The van der Waals surface area contributed by atoms with Gasteiger partial charge < -0.3 is 4.79 Å². The van der Waals surface area contributed by atoms with Gasteiger partial charge in [0.15, 0.2) is 0 Å². The quantitative estimate of drug-likeness (QED) is 0.552. The summed E-state index contributed by atoms with van der Waals surface area (Å²) in [4.78, 5) is 10.9. The van der Waals surface area contributed by atoms with Gasteiger partial charge >= 0.3 is 0 Å². The Morgan fingerprint density at radius 1 is 1.00 bits per heavy atom. The van der Waals surface area contributed by atoms with Crippen molar-refractivity contribution in [1.82, 2.24) is 0 Å². The number of rotatable bonds is 8. The van der Waals surface area contributed by atoms with Crippen LogP contribution in [0, 0.1) is 0 Å². The lowest BCUT2D eigenvalue weighted by molar-refractivity contribution is -0.116. The summed E-state index contributed by atoms with van der Waals surface area (Å²) < 4.78 is 0. The van der Waals surface area contributed by atoms with Crippen molar-refractivity contribution in [1.29, 1.82) is 0 Å². The highest BCUT2D eigenvalue weighted by atomic mass is 16.1. The number of ketones is 1. The molecule has 1 nitrogen and oxygen atoms in total. The van der Waals surface area contributed by atoms with E-state index in [0.29, 0.717) is 6.42 Å². The third kappa shape index (κ3) is 11.0. The van der Waals surface area contributed by atoms with E-state index in [0.717, 1.165) is 17.6 Å². The number of Topliss-reactive ketones (excluding diaryl/α,β-unsaturated/α-hetero) is 1. The Hall–Kier alpha value is -1.89. The molecule has 0 aliphatic carbocycles. The molecule has 102 valence electrons. The van der Waals surface area contributed by atoms with Crippen LogP contribution in [0.25, 0.3) is 0 Å². The second-order valence-electron chi connectivity index (χ2n) is 4.62. The molecule has 0 radical (unpaired) electrons. The molecule has 0 atom stereocenters. The van der Waals surface area contributed by atoms with Crippen LogP contribution in [0.5, 0.6) is 0 Å². The van der Waals surface area contributed by atoms with Gasteiger partial charge in [0, 0.05) is 6.42 Å². The molecule has 19 heavy (non-hydrogen) atoms. The molecule has 0 aliphatic heterocycles. The lowest BCUT2D eigenvalue weighted by Gasteiger charge is -1.96. The van der Waals surface area contributed by atoms with Crippen LogP contribution in [0.4, 0.5) is 0 Å². The Labute approximate surface area is 117 Å². The largest absolute Gasteiger partial charge is 0.300 e. The minimum absolute atomic E-state index is 0.236. The predicted molar refractivity (Wildman–Crippen MR) is 85.0 cm³/mol. The second kappa shape index (κ2) is 10.1. The molecule has 0 amide bonds. The van der Waals surface area contributed by atoms with Crippen LogP contribution < -0.4 is 0 Å². The standard InChI is InChI=1S/C18H24O/c1-6-15(2)9-7-10-16(3)11-8-12-17(4)13-14-18(5)19/h6-12H,1-2,13-14H2,3-5H3/b9-7+,11-8+,16-10+,17-12+. The molecule has 0 unspecified atom stereocenters. The van der Waals surface area contributed by atoms with E-state index in [4.69, 9.17) is 0 Å². The van der Waals surface area contributed by atoms with Gasteiger partial charge in [-0.1, -0.05) is 66.8 Å². The first-order valence-corrected chi connectivity index (χ1v) is 6.45. The van der Waals surface area contributed by atoms with Gasteiger partial charge in [0.05, 0.1) is 0 Å². The van der Waals surface area contributed by atoms with E-state index >= 15 is 0 Å². The molecule has 0 rings (SSSR count). The summed E-state index contributed by atoms with van der Waals surface area (Å²) >= 11 is 0. The van der Waals surface area contributed by atoms with E-state index in [1.807, 2.05) is 50.3 Å². The van der Waals surface area contributed by atoms with Gasteiger partial charge in [-0.3, -0.25) is 0 Å². The second-order valence-corrected chi connectivity index (χ2v) is 4.62. The Morgan fingerprint density at radius 2 is 1.63 bits per heavy atom. The highest BCUT2D eigenvalue weighted by Gasteiger charge is 1.93. The van der Waals surface area contributed by atoms with Crippen molar-refractivity contribution in [2.24, 2.45) is 0 Å². The van der Waals surface area contributed by atoms with E-state index in [9.17, 15) is 4.79 Å². The smallest absolute Gasteiger partial charge is 0.130 e. The minimum atomic E-state index is 0.236. The topological polar surface area (TPSA) is 17.1 Å². The van der Waals surface area contributed by atoms with E-state index in [1.54, 1.807) is 13.0 Å². The van der Waals surface area contributed by atoms with Gasteiger partial charge in [0.25, 0.3) is 0 Å². The Bertz CT molecular complexity index is 442. The maximum Gasteiger partial charge on any atom is 0.130 e. The molecule has 0 fully saturated rings. The Morgan fingerprint density at radius 3 is 2.21 bits per heavy atom. The molecule has 0 saturated heterocycles. The summed E-state index contributed by atoms with van der Waals surface area (Å²) in [6, 6.07) is 0. The summed E-state index contributed by atoms with van der Waals surface area (Å²) in [5.41, 5.74) is 3.27. The zero-order chi connectivity index (χ0) is 14.7. The normalized spacial score (nSPS) is 13.2. The molecule has 0 bridgehead atoms. The monoisotopic (exact) mass is 256 g/mol. The van der Waals surface area contributed by atoms with E-state index < -0.39 is 0 Å². The van der Waals surface area contributed by atoms with Crippen molar-refractivity contribution in [2.45, 2.75) is 33.6 Å². The SMILES string of the molecule is C=CC(=C)/C=C/C=C(C)/C=C/C=C(\C)CCC(C)=O. The van der Waals surface area contributed by atoms with Crippen LogP contribution >= 0.6 is 0 Å². The average molecular weight is 256 g/mol. The molecular weight excluding hydrogens is 232 g/mol. The molecule has 0 heterocycles. The maximum absolute atomic E-state index is 10.9. The van der Waals surface area contributed by atoms with Crippen LogP contribution in [-0.2, 0) is 4.79 Å². The lowest BCUT2D eigenvalue weighted by atomic mass is 10.1. The number of carbonyl (C=O) groups is 1. The zero-order valence-corrected chi connectivity index (χ0v) is 12.3. The Balaban J connectivity index is 4.31. The van der Waals surface area contributed by atoms with Gasteiger partial charge in [-0.05, 0) is 32.8 Å². The van der Waals surface area contributed by atoms with Crippen LogP contribution in [0.3, 0.4) is 0 Å². The molecule has 0 saturated carbocycles. The molecule has 0 aromatic carbocycles. The number of carbonyl (C=O) groups excluding carboxylic acids is 1. The van der Waals surface area contributed by atoms with Gasteiger partial charge in [0.2, 0.25) is 0 Å². The fraction of sp³-hybridized carbons (Fsp3) is 0.278. The zero-order valence-electron chi connectivity index (χ0n) is 12.3. The van der Waals surface area contributed by atoms with Crippen molar-refractivity contribution >= 4 is 5.78 Å². The summed E-state index contributed by atoms with van der Waals surface area (Å²) in [6.07, 6.45) is 15.2. The van der Waals surface area contributed by atoms with E-state index in [1.165, 1.54) is 5.57 Å². The maximum atomic E-state index is 10.9. The van der Waals surface area contributed by atoms with Crippen molar-refractivity contribution in [3.8, 4) is 0 Å². The van der Waals surface area contributed by atoms with E-state index in [2.05, 4.69) is 13.2 Å². The molecule has 1 heteroatoms. The number of hydrogen-bond acceptors (Lipinski definition) is 1. The molecule has 0 aromatic heterocycles. The first kappa shape index (κ1) is 17.1. The van der Waals surface area contributed by atoms with Crippen molar-refractivity contribution in [3.63, 3.8) is 0 Å². The predicted octanol–water partition coefficient (Wildman–Crippen LogP) is 5.10. The third-order valence-electron chi connectivity index (χ3n) is 2.54. The fourth-order valence-electron chi connectivity index (χ4n) is 1.27. The number of hydrogen-bond donors (Lipinski definition) is 0. The summed E-state index contributed by atoms with van der Waals surface area (Å²) in [6.45, 7) is 13.1. The van der Waals surface area contributed by atoms with Crippen LogP contribution in [0.1, 0.15) is 33.6 Å². The van der Waals surface area contributed by atoms with E-state index in [-0.39, 0.29) is 5.78 Å². The average Bonchev–Trinajstić information content (AvgIpc) is 2.36. The number of allylic oxidation sites excluding steroid dienone is 10. The van der Waals surface area contributed by atoms with Gasteiger partial charge in [-0.25, -0.2) is 0 Å². The highest BCUT2D eigenvalue weighted by molar-refractivity contribution is 5.75. The minimum Gasteiger partial charge on any atom is -0.300 e. The highest BCUT2D eigenvalue weighted by Crippen LogP contribution is 2.05. The third-order valence-corrected chi connectivity index (χ3v) is 2.54. The molecule has 0 aromatic rings. The van der Waals surface area contributed by atoms with Crippen LogP contribution in [0.2, 0.25) is 0 Å². The molecule has 0 spiro atoms. The first-order chi connectivity index (χ1) is 8.95. The summed E-state index contributed by atoms with van der Waals surface area (Å²) in [7, 11) is 0. The molecule has 0 N–H and O–H groups in total. The van der Waals surface area contributed by atoms with Crippen LogP contribution in [0.15, 0.2) is 72.4 Å². The molecular formula is C18H24O. The van der Waals surface area contributed by atoms with Gasteiger partial charge in [-0.2, -0.15) is 0 Å². The molecule has 0 aliphatic rings. The Kier molecular flexibility index (Phi) is 9.07. The van der Waals surface area contributed by atoms with Gasteiger partial charge in [-0.15, -0.1) is 0 Å². The van der Waals surface area contributed by atoms with Crippen molar-refractivity contribution < 1.29 is 4.79 Å². The van der Waals surface area contributed by atoms with Crippen LogP contribution in [-0.4, -0.2) is 5.78 Å². The van der Waals surface area contributed by atoms with Gasteiger partial charge in [0.1, 0.15) is 5.78 Å². The fourth-order valence-corrected chi connectivity index (χ4v) is 1.27. The summed E-state index contributed by atoms with van der Waals surface area (Å²) in [5, 5.41) is 0. The summed E-state index contributed by atoms with van der Waals surface area (Å²) in [5.74, 6) is 0.236. The van der Waals surface area contributed by atoms with Crippen molar-refractivity contribution in [3.05, 3.63) is 72.4 Å². The lowest BCUT2D eigenvalue weighted by Crippen LogP contribution is -1.89.